The van der Waals surface area contributed by atoms with Crippen LogP contribution in [0.1, 0.15) is 30.7 Å². The lowest BCUT2D eigenvalue weighted by atomic mass is 9.92. The largest absolute Gasteiger partial charge is 0.469 e. The first-order valence-corrected chi connectivity index (χ1v) is 8.29. The van der Waals surface area contributed by atoms with Gasteiger partial charge in [-0.25, -0.2) is 0 Å². The van der Waals surface area contributed by atoms with Crippen molar-refractivity contribution in [2.45, 2.75) is 36.2 Å². The van der Waals surface area contributed by atoms with Crippen LogP contribution in [-0.2, 0) is 14.3 Å². The predicted molar refractivity (Wildman–Crippen MR) is 81.6 cm³/mol. The van der Waals surface area contributed by atoms with Crippen molar-refractivity contribution in [1.29, 1.82) is 0 Å². The molecule has 0 radical (unpaired) electrons. The van der Waals surface area contributed by atoms with Gasteiger partial charge in [0.25, 0.3) is 0 Å². The molecule has 1 aromatic rings. The van der Waals surface area contributed by atoms with Gasteiger partial charge in [-0.2, -0.15) is 0 Å². The summed E-state index contributed by atoms with van der Waals surface area (Å²) in [4.78, 5) is 13.1. The van der Waals surface area contributed by atoms with Gasteiger partial charge in [-0.05, 0) is 43.2 Å². The van der Waals surface area contributed by atoms with Gasteiger partial charge >= 0.3 is 5.97 Å². The number of methoxy groups -OCH3 is 1. The van der Waals surface area contributed by atoms with Crippen molar-refractivity contribution in [3.05, 3.63) is 28.8 Å². The quantitative estimate of drug-likeness (QED) is 0.610. The Morgan fingerprint density at radius 1 is 1.60 bits per heavy atom. The van der Waals surface area contributed by atoms with Gasteiger partial charge in [-0.15, -0.1) is 11.8 Å². The van der Waals surface area contributed by atoms with Crippen LogP contribution in [-0.4, -0.2) is 32.0 Å². The van der Waals surface area contributed by atoms with Gasteiger partial charge < -0.3 is 9.47 Å². The third-order valence-corrected chi connectivity index (χ3v) is 4.81. The second-order valence-electron chi connectivity index (χ2n) is 4.84. The Morgan fingerprint density at radius 2 is 2.40 bits per heavy atom. The molecule has 1 aliphatic rings. The van der Waals surface area contributed by atoms with E-state index in [1.807, 2.05) is 24.5 Å². The fourth-order valence-electron chi connectivity index (χ4n) is 2.50. The molecule has 1 aliphatic heterocycles. The molecule has 0 amide bonds. The number of thioether (sulfide) groups is 1. The number of carbonyl (C=O) groups excluding carboxylic acids is 1. The van der Waals surface area contributed by atoms with Crippen molar-refractivity contribution in [2.24, 2.45) is 0 Å². The van der Waals surface area contributed by atoms with Gasteiger partial charge in [0.05, 0.1) is 24.2 Å². The lowest BCUT2D eigenvalue weighted by molar-refractivity contribution is -0.143. The predicted octanol–water partition coefficient (Wildman–Crippen LogP) is 3.89. The normalized spacial score (nSPS) is 19.9. The van der Waals surface area contributed by atoms with E-state index in [1.54, 1.807) is 11.8 Å². The molecule has 0 bridgehead atoms. The summed E-state index contributed by atoms with van der Waals surface area (Å²) in [5.41, 5.74) is 0.898. The minimum atomic E-state index is -0.309. The van der Waals surface area contributed by atoms with Crippen LogP contribution in [0.4, 0.5) is 0 Å². The van der Waals surface area contributed by atoms with Crippen molar-refractivity contribution < 1.29 is 14.3 Å². The van der Waals surface area contributed by atoms with Crippen molar-refractivity contribution in [3.8, 4) is 0 Å². The van der Waals surface area contributed by atoms with Gasteiger partial charge in [0, 0.05) is 11.5 Å². The number of hydrogen-bond donors (Lipinski definition) is 0. The summed E-state index contributed by atoms with van der Waals surface area (Å²) in [7, 11) is 1.42. The molecule has 1 heterocycles. The zero-order valence-electron chi connectivity index (χ0n) is 11.7. The molecule has 0 aliphatic carbocycles. The minimum Gasteiger partial charge on any atom is -0.469 e. The standard InChI is InChI=1S/C15H19ClO3S/c1-18-15(17)12(9-11-4-3-7-19-11)10-5-6-14(20-2)13(16)8-10/h5-6,8,11-12H,3-4,7,9H2,1-2H3/t11-,12?/m1/s1. The molecule has 2 rings (SSSR count). The second kappa shape index (κ2) is 7.34. The van der Waals surface area contributed by atoms with E-state index >= 15 is 0 Å². The topological polar surface area (TPSA) is 35.5 Å². The Hall–Kier alpha value is -0.710. The van der Waals surface area contributed by atoms with E-state index in [9.17, 15) is 4.79 Å². The fraction of sp³-hybridized carbons (Fsp3) is 0.533. The summed E-state index contributed by atoms with van der Waals surface area (Å²) < 4.78 is 10.6. The average molecular weight is 315 g/mol. The first-order valence-electron chi connectivity index (χ1n) is 6.68. The van der Waals surface area contributed by atoms with Crippen LogP contribution in [0.15, 0.2) is 23.1 Å². The molecule has 3 nitrogen and oxygen atoms in total. The fourth-order valence-corrected chi connectivity index (χ4v) is 3.38. The van der Waals surface area contributed by atoms with Gasteiger partial charge in [0.15, 0.2) is 0 Å². The number of hydrogen-bond acceptors (Lipinski definition) is 4. The smallest absolute Gasteiger partial charge is 0.313 e. The summed E-state index contributed by atoms with van der Waals surface area (Å²) in [6.45, 7) is 0.782. The van der Waals surface area contributed by atoms with E-state index in [4.69, 9.17) is 21.1 Å². The number of halogens is 1. The zero-order valence-corrected chi connectivity index (χ0v) is 13.3. The highest BCUT2D eigenvalue weighted by molar-refractivity contribution is 7.98. The first-order chi connectivity index (χ1) is 9.65. The highest BCUT2D eigenvalue weighted by Crippen LogP contribution is 2.33. The molecular formula is C15H19ClO3S. The molecule has 2 atom stereocenters. The third kappa shape index (κ3) is 3.68. The lowest BCUT2D eigenvalue weighted by Gasteiger charge is -2.19. The molecule has 110 valence electrons. The summed E-state index contributed by atoms with van der Waals surface area (Å²) in [6, 6.07) is 5.77. The number of esters is 1. The molecule has 1 unspecified atom stereocenters. The van der Waals surface area contributed by atoms with Crippen LogP contribution < -0.4 is 0 Å². The second-order valence-corrected chi connectivity index (χ2v) is 6.10. The monoisotopic (exact) mass is 314 g/mol. The van der Waals surface area contributed by atoms with Crippen LogP contribution in [0.5, 0.6) is 0 Å². The molecule has 20 heavy (non-hydrogen) atoms. The highest BCUT2D eigenvalue weighted by Gasteiger charge is 2.28. The minimum absolute atomic E-state index is 0.137. The molecule has 0 spiro atoms. The van der Waals surface area contributed by atoms with Crippen LogP contribution in [0.2, 0.25) is 5.02 Å². The Labute approximate surface area is 129 Å². The van der Waals surface area contributed by atoms with Gasteiger partial charge in [-0.1, -0.05) is 17.7 Å². The Kier molecular flexibility index (Phi) is 5.75. The van der Waals surface area contributed by atoms with Crippen molar-refractivity contribution in [2.75, 3.05) is 20.0 Å². The number of ether oxygens (including phenoxy) is 2. The molecule has 0 N–H and O–H groups in total. The van der Waals surface area contributed by atoms with Crippen LogP contribution in [0.3, 0.4) is 0 Å². The molecule has 0 saturated carbocycles. The molecule has 1 fully saturated rings. The van der Waals surface area contributed by atoms with Crippen LogP contribution in [0, 0.1) is 0 Å². The summed E-state index contributed by atoms with van der Waals surface area (Å²) in [6.07, 6.45) is 4.83. The maximum atomic E-state index is 12.0. The molecular weight excluding hydrogens is 296 g/mol. The van der Waals surface area contributed by atoms with Gasteiger partial charge in [-0.3, -0.25) is 4.79 Å². The average Bonchev–Trinajstić information content (AvgIpc) is 2.97. The SMILES string of the molecule is COC(=O)C(C[C@H]1CCCO1)c1ccc(SC)c(Cl)c1. The van der Waals surface area contributed by atoms with Crippen LogP contribution in [0.25, 0.3) is 0 Å². The Balaban J connectivity index is 2.21. The number of rotatable bonds is 5. The van der Waals surface area contributed by atoms with E-state index < -0.39 is 0 Å². The number of benzene rings is 1. The molecule has 5 heteroatoms. The summed E-state index contributed by atoms with van der Waals surface area (Å²) in [5.74, 6) is -0.537. The van der Waals surface area contributed by atoms with Gasteiger partial charge in [0.1, 0.15) is 0 Å². The lowest BCUT2D eigenvalue weighted by Crippen LogP contribution is -2.20. The first kappa shape index (κ1) is 15.7. The van der Waals surface area contributed by atoms with E-state index in [1.165, 1.54) is 7.11 Å². The Bertz CT molecular complexity index is 472. The third-order valence-electron chi connectivity index (χ3n) is 3.59. The van der Waals surface area contributed by atoms with Crippen LogP contribution >= 0.6 is 23.4 Å². The van der Waals surface area contributed by atoms with Crippen molar-refractivity contribution in [3.63, 3.8) is 0 Å². The number of carbonyl (C=O) groups is 1. The summed E-state index contributed by atoms with van der Waals surface area (Å²) in [5, 5.41) is 0.677. The maximum absolute atomic E-state index is 12.0. The maximum Gasteiger partial charge on any atom is 0.313 e. The van der Waals surface area contributed by atoms with E-state index in [0.29, 0.717) is 11.4 Å². The van der Waals surface area contributed by atoms with E-state index in [2.05, 4.69) is 0 Å². The molecule has 0 aromatic heterocycles. The van der Waals surface area contributed by atoms with E-state index in [-0.39, 0.29) is 18.0 Å². The zero-order chi connectivity index (χ0) is 14.5. The van der Waals surface area contributed by atoms with Crippen molar-refractivity contribution in [1.82, 2.24) is 0 Å². The summed E-state index contributed by atoms with van der Waals surface area (Å²) >= 11 is 7.82. The van der Waals surface area contributed by atoms with Gasteiger partial charge in [0.2, 0.25) is 0 Å². The molecule has 1 saturated heterocycles. The molecule has 1 aromatic carbocycles. The Morgan fingerprint density at radius 3 is 2.95 bits per heavy atom. The van der Waals surface area contributed by atoms with E-state index in [0.717, 1.165) is 29.9 Å². The highest BCUT2D eigenvalue weighted by atomic mass is 35.5. The van der Waals surface area contributed by atoms with Crippen molar-refractivity contribution >= 4 is 29.3 Å².